The van der Waals surface area contributed by atoms with E-state index in [2.05, 4.69) is 5.32 Å². The Morgan fingerprint density at radius 1 is 1.10 bits per heavy atom. The lowest BCUT2D eigenvalue weighted by Crippen LogP contribution is -2.51. The predicted molar refractivity (Wildman–Crippen MR) is 117 cm³/mol. The number of benzene rings is 1. The van der Waals surface area contributed by atoms with Gasteiger partial charge in [-0.2, -0.15) is 4.31 Å². The molecule has 2 aromatic rings. The molecule has 1 aromatic carbocycles. The Bertz CT molecular complexity index is 1070. The normalized spacial score (nSPS) is 15.1. The van der Waals surface area contributed by atoms with E-state index in [1.807, 2.05) is 36.1 Å². The van der Waals surface area contributed by atoms with Gasteiger partial charge >= 0.3 is 5.97 Å². The minimum Gasteiger partial charge on any atom is -0.465 e. The second kappa shape index (κ2) is 8.75. The third-order valence-electron chi connectivity index (χ3n) is 5.10. The van der Waals surface area contributed by atoms with Crippen molar-refractivity contribution in [2.24, 2.45) is 0 Å². The van der Waals surface area contributed by atoms with Crippen LogP contribution >= 0.6 is 12.2 Å². The highest BCUT2D eigenvalue weighted by Crippen LogP contribution is 2.30. The largest absolute Gasteiger partial charge is 0.465 e. The van der Waals surface area contributed by atoms with Gasteiger partial charge in [-0.1, -0.05) is 18.2 Å². The van der Waals surface area contributed by atoms with Crippen LogP contribution in [0.5, 0.6) is 0 Å². The van der Waals surface area contributed by atoms with Crippen molar-refractivity contribution in [1.29, 1.82) is 0 Å². The number of methoxy groups -OCH3 is 1. The first-order chi connectivity index (χ1) is 14.2. The van der Waals surface area contributed by atoms with Crippen LogP contribution in [-0.4, -0.2) is 62.0 Å². The van der Waals surface area contributed by atoms with E-state index < -0.39 is 16.0 Å². The van der Waals surface area contributed by atoms with E-state index in [0.717, 1.165) is 11.3 Å². The molecule has 10 heteroatoms. The molecule has 0 amide bonds. The van der Waals surface area contributed by atoms with Crippen molar-refractivity contribution in [3.05, 3.63) is 46.9 Å². The quantitative estimate of drug-likeness (QED) is 0.560. The van der Waals surface area contributed by atoms with E-state index in [9.17, 15) is 13.2 Å². The van der Waals surface area contributed by atoms with Crippen LogP contribution < -0.4 is 5.32 Å². The molecule has 1 N–H and O–H groups in total. The number of aryl methyl sites for hydroxylation is 3. The molecule has 0 radical (unpaired) electrons. The number of sulfonamides is 1. The lowest BCUT2D eigenvalue weighted by Gasteiger charge is -2.35. The minimum absolute atomic E-state index is 0.0471. The molecule has 1 aliphatic heterocycles. The smallest absolute Gasteiger partial charge is 0.342 e. The molecule has 0 unspecified atom stereocenters. The molecular formula is C20H25N3O5S2. The third kappa shape index (κ3) is 4.21. The maximum atomic E-state index is 13.3. The summed E-state index contributed by atoms with van der Waals surface area (Å²) in [7, 11) is -2.71. The molecule has 8 nitrogen and oxygen atoms in total. The number of anilines is 1. The summed E-state index contributed by atoms with van der Waals surface area (Å²) < 4.78 is 38.1. The Labute approximate surface area is 181 Å². The number of carbonyl (C=O) groups is 1. The van der Waals surface area contributed by atoms with Crippen molar-refractivity contribution < 1.29 is 22.4 Å². The van der Waals surface area contributed by atoms with Crippen LogP contribution in [0, 0.1) is 20.8 Å². The minimum atomic E-state index is -3.92. The number of rotatable bonds is 4. The Morgan fingerprint density at radius 2 is 1.73 bits per heavy atom. The first-order valence-corrected chi connectivity index (χ1v) is 11.3. The Balaban J connectivity index is 1.74. The molecule has 30 heavy (non-hydrogen) atoms. The van der Waals surface area contributed by atoms with Gasteiger partial charge in [-0.25, -0.2) is 13.2 Å². The number of piperazine rings is 1. The van der Waals surface area contributed by atoms with Gasteiger partial charge in [-0.15, -0.1) is 0 Å². The fraction of sp³-hybridized carbons (Fsp3) is 0.400. The lowest BCUT2D eigenvalue weighted by atomic mass is 10.2. The molecular weight excluding hydrogens is 426 g/mol. The zero-order valence-corrected chi connectivity index (χ0v) is 19.0. The van der Waals surface area contributed by atoms with Crippen LogP contribution in [0.4, 0.5) is 5.69 Å². The van der Waals surface area contributed by atoms with Crippen LogP contribution in [0.3, 0.4) is 0 Å². The number of hydrogen-bond donors (Lipinski definition) is 1. The van der Waals surface area contributed by atoms with Crippen molar-refractivity contribution >= 4 is 39.0 Å². The van der Waals surface area contributed by atoms with Crippen LogP contribution in [0.2, 0.25) is 0 Å². The third-order valence-corrected chi connectivity index (χ3v) is 7.52. The van der Waals surface area contributed by atoms with Crippen LogP contribution in [0.1, 0.15) is 27.4 Å². The summed E-state index contributed by atoms with van der Waals surface area (Å²) in [5, 5.41) is 3.77. The number of carbonyl (C=O) groups excluding carboxylic acids is 1. The van der Waals surface area contributed by atoms with Gasteiger partial charge < -0.3 is 19.4 Å². The molecule has 0 bridgehead atoms. The molecule has 1 fully saturated rings. The molecule has 0 spiro atoms. The monoisotopic (exact) mass is 451 g/mol. The van der Waals surface area contributed by atoms with Gasteiger partial charge in [0.25, 0.3) is 0 Å². The van der Waals surface area contributed by atoms with Crippen molar-refractivity contribution in [3.8, 4) is 0 Å². The topological polar surface area (TPSA) is 92.1 Å². The van der Waals surface area contributed by atoms with Gasteiger partial charge in [0.2, 0.25) is 10.0 Å². The average molecular weight is 452 g/mol. The Hall–Kier alpha value is -2.43. The van der Waals surface area contributed by atoms with Crippen molar-refractivity contribution in [1.82, 2.24) is 9.21 Å². The molecule has 0 aliphatic carbocycles. The maximum Gasteiger partial charge on any atom is 0.342 e. The fourth-order valence-electron chi connectivity index (χ4n) is 3.48. The average Bonchev–Trinajstić information content (AvgIpc) is 3.03. The van der Waals surface area contributed by atoms with Gasteiger partial charge in [0, 0.05) is 31.9 Å². The lowest BCUT2D eigenvalue weighted by molar-refractivity contribution is 0.0594. The zero-order chi connectivity index (χ0) is 22.1. The van der Waals surface area contributed by atoms with E-state index >= 15 is 0 Å². The number of esters is 1. The number of furan rings is 1. The summed E-state index contributed by atoms with van der Waals surface area (Å²) >= 11 is 5.51. The highest BCUT2D eigenvalue weighted by Gasteiger charge is 2.37. The highest BCUT2D eigenvalue weighted by atomic mass is 32.2. The number of nitrogens with zero attached hydrogens (tertiary/aromatic N) is 2. The van der Waals surface area contributed by atoms with E-state index in [1.165, 1.54) is 18.3 Å². The Kier molecular flexibility index (Phi) is 6.49. The molecule has 162 valence electrons. The number of para-hydroxylation sites is 1. The van der Waals surface area contributed by atoms with Gasteiger partial charge in [0.1, 0.15) is 22.0 Å². The summed E-state index contributed by atoms with van der Waals surface area (Å²) in [6.45, 7) is 6.41. The molecule has 1 aromatic heterocycles. The summed E-state index contributed by atoms with van der Waals surface area (Å²) in [6.07, 6.45) is 0. The molecule has 1 aliphatic rings. The summed E-state index contributed by atoms with van der Waals surface area (Å²) in [5.41, 5.74) is 1.95. The Morgan fingerprint density at radius 3 is 2.33 bits per heavy atom. The highest BCUT2D eigenvalue weighted by molar-refractivity contribution is 7.89. The van der Waals surface area contributed by atoms with Gasteiger partial charge in [0.05, 0.1) is 7.11 Å². The summed E-state index contributed by atoms with van der Waals surface area (Å²) in [6, 6.07) is 7.82. The first-order valence-electron chi connectivity index (χ1n) is 9.46. The van der Waals surface area contributed by atoms with E-state index in [1.54, 1.807) is 6.92 Å². The molecule has 0 saturated carbocycles. The zero-order valence-electron chi connectivity index (χ0n) is 17.4. The number of ether oxygens (including phenoxy) is 1. The number of thiocarbonyl (C=S) groups is 1. The second-order valence-corrected chi connectivity index (χ2v) is 9.31. The SMILES string of the molecule is COC(=O)c1c(C)oc(C)c1S(=O)(=O)N1CCN(C(=S)Nc2ccccc2C)CC1. The summed E-state index contributed by atoms with van der Waals surface area (Å²) in [4.78, 5) is 14.0. The van der Waals surface area contributed by atoms with Crippen LogP contribution in [0.15, 0.2) is 33.6 Å². The van der Waals surface area contributed by atoms with Gasteiger partial charge in [-0.3, -0.25) is 0 Å². The first kappa shape index (κ1) is 22.3. The van der Waals surface area contributed by atoms with Gasteiger partial charge in [-0.05, 0) is 44.6 Å². The van der Waals surface area contributed by atoms with Crippen LogP contribution in [0.25, 0.3) is 0 Å². The van der Waals surface area contributed by atoms with Crippen molar-refractivity contribution in [2.45, 2.75) is 25.7 Å². The van der Waals surface area contributed by atoms with E-state index in [-0.39, 0.29) is 35.1 Å². The molecule has 0 atom stereocenters. The van der Waals surface area contributed by atoms with Crippen molar-refractivity contribution in [2.75, 3.05) is 38.6 Å². The number of hydrogen-bond acceptors (Lipinski definition) is 6. The molecule has 3 rings (SSSR count). The van der Waals surface area contributed by atoms with E-state index in [4.69, 9.17) is 21.4 Å². The summed E-state index contributed by atoms with van der Waals surface area (Å²) in [5.74, 6) is -0.336. The molecule has 2 heterocycles. The number of nitrogens with one attached hydrogen (secondary N) is 1. The van der Waals surface area contributed by atoms with Crippen molar-refractivity contribution in [3.63, 3.8) is 0 Å². The fourth-order valence-corrected chi connectivity index (χ4v) is 5.56. The van der Waals surface area contributed by atoms with E-state index in [0.29, 0.717) is 18.2 Å². The van der Waals surface area contributed by atoms with Crippen LogP contribution in [-0.2, 0) is 14.8 Å². The van der Waals surface area contributed by atoms with Gasteiger partial charge in [0.15, 0.2) is 5.11 Å². The standard InChI is InChI=1S/C20H25N3O5S2/c1-13-7-5-6-8-16(13)21-20(29)22-9-11-23(12-10-22)30(25,26)18-15(3)28-14(2)17(18)19(24)27-4/h5-8H,9-12H2,1-4H3,(H,21,29). The maximum absolute atomic E-state index is 13.3. The second-order valence-electron chi connectivity index (χ2n) is 7.05. The predicted octanol–water partition coefficient (Wildman–Crippen LogP) is 2.69. The molecule has 1 saturated heterocycles.